The fraction of sp³-hybridized carbons (Fsp3) is 0.800. The topological polar surface area (TPSA) is 66.9 Å². The van der Waals surface area contributed by atoms with Crippen LogP contribution in [0.25, 0.3) is 0 Å². The van der Waals surface area contributed by atoms with E-state index in [1.165, 1.54) is 0 Å². The van der Waals surface area contributed by atoms with Crippen LogP contribution in [0, 0.1) is 0 Å². The number of rotatable bonds is 2. The monoisotopic (exact) mass is 328 g/mol. The minimum Gasteiger partial charge on any atom is -0.498 e. The molecule has 3 aliphatic rings. The van der Waals surface area contributed by atoms with Crippen molar-refractivity contribution in [3.05, 3.63) is 11.3 Å². The molecule has 0 spiro atoms. The lowest BCUT2D eigenvalue weighted by molar-refractivity contribution is -0.129. The Morgan fingerprint density at radius 2 is 2.05 bits per heavy atom. The van der Waals surface area contributed by atoms with Crippen LogP contribution in [-0.4, -0.2) is 61.6 Å². The first-order valence-corrected chi connectivity index (χ1v) is 9.71. The zero-order valence-corrected chi connectivity index (χ0v) is 13.9. The van der Waals surface area contributed by atoms with Gasteiger partial charge in [-0.15, -0.1) is 0 Å². The Morgan fingerprint density at radius 3 is 2.73 bits per heavy atom. The highest BCUT2D eigenvalue weighted by Crippen LogP contribution is 2.27. The predicted molar refractivity (Wildman–Crippen MR) is 82.6 cm³/mol. The quantitative estimate of drug-likeness (QED) is 0.761. The molecule has 3 rings (SSSR count). The van der Waals surface area contributed by atoms with Crippen LogP contribution >= 0.6 is 0 Å². The molecular weight excluding hydrogens is 304 g/mol. The van der Waals surface area contributed by atoms with E-state index in [0.29, 0.717) is 32.7 Å². The smallest absolute Gasteiger partial charge is 0.253 e. The summed E-state index contributed by atoms with van der Waals surface area (Å²) in [6, 6.07) is -0.0596. The van der Waals surface area contributed by atoms with Gasteiger partial charge in [0.25, 0.3) is 5.91 Å². The molecule has 0 aromatic rings. The van der Waals surface area contributed by atoms with Gasteiger partial charge in [-0.2, -0.15) is 4.31 Å². The van der Waals surface area contributed by atoms with E-state index in [1.54, 1.807) is 4.31 Å². The summed E-state index contributed by atoms with van der Waals surface area (Å²) in [6.45, 7) is 4.34. The lowest BCUT2D eigenvalue weighted by Crippen LogP contribution is -2.50. The molecule has 0 bridgehead atoms. The van der Waals surface area contributed by atoms with Crippen molar-refractivity contribution in [2.24, 2.45) is 0 Å². The summed E-state index contributed by atoms with van der Waals surface area (Å²) < 4.78 is 31.3. The fourth-order valence-electron chi connectivity index (χ4n) is 3.63. The number of ether oxygens (including phenoxy) is 1. The van der Waals surface area contributed by atoms with Crippen LogP contribution in [-0.2, 0) is 19.6 Å². The normalized spacial score (nSPS) is 29.5. The van der Waals surface area contributed by atoms with Crippen molar-refractivity contribution >= 4 is 15.9 Å². The number of hydrogen-bond donors (Lipinski definition) is 0. The van der Waals surface area contributed by atoms with E-state index in [1.807, 2.05) is 11.8 Å². The van der Waals surface area contributed by atoms with Gasteiger partial charge in [0.05, 0.1) is 17.9 Å². The molecule has 0 N–H and O–H groups in total. The van der Waals surface area contributed by atoms with Gasteiger partial charge in [-0.05, 0) is 39.0 Å². The van der Waals surface area contributed by atoms with Crippen LogP contribution in [0.5, 0.6) is 0 Å². The van der Waals surface area contributed by atoms with Crippen molar-refractivity contribution < 1.29 is 17.9 Å². The second-order valence-corrected chi connectivity index (χ2v) is 8.36. The van der Waals surface area contributed by atoms with E-state index in [-0.39, 0.29) is 17.7 Å². The van der Waals surface area contributed by atoms with E-state index >= 15 is 0 Å². The van der Waals surface area contributed by atoms with Gasteiger partial charge >= 0.3 is 0 Å². The fourth-order valence-corrected chi connectivity index (χ4v) is 5.39. The SMILES string of the molecule is CC1=C(C(=O)N2CCC[C@@H](N3CCCS3(=O)=O)C2)CCCO1. The highest BCUT2D eigenvalue weighted by molar-refractivity contribution is 7.89. The Balaban J connectivity index is 1.72. The van der Waals surface area contributed by atoms with Gasteiger partial charge in [0.2, 0.25) is 10.0 Å². The van der Waals surface area contributed by atoms with Crippen molar-refractivity contribution in [3.63, 3.8) is 0 Å². The highest BCUT2D eigenvalue weighted by atomic mass is 32.2. The number of carbonyl (C=O) groups excluding carboxylic acids is 1. The number of nitrogens with zero attached hydrogens (tertiary/aromatic N) is 2. The summed E-state index contributed by atoms with van der Waals surface area (Å²) in [4.78, 5) is 14.5. The first kappa shape index (κ1) is 15.8. The second-order valence-electron chi connectivity index (χ2n) is 6.31. The summed E-state index contributed by atoms with van der Waals surface area (Å²) in [7, 11) is -3.11. The molecule has 0 aromatic carbocycles. The second kappa shape index (κ2) is 6.20. The Bertz CT molecular complexity index is 584. The van der Waals surface area contributed by atoms with E-state index < -0.39 is 10.0 Å². The average molecular weight is 328 g/mol. The Morgan fingerprint density at radius 1 is 1.23 bits per heavy atom. The van der Waals surface area contributed by atoms with Gasteiger partial charge in [-0.25, -0.2) is 8.42 Å². The standard InChI is InChI=1S/C15H24N2O4S/c1-12-14(6-3-9-21-12)15(18)16-7-2-5-13(11-16)17-8-4-10-22(17,19)20/h13H,2-11H2,1H3/t13-/m1/s1. The van der Waals surface area contributed by atoms with Gasteiger partial charge in [-0.1, -0.05) is 0 Å². The third-order valence-corrected chi connectivity index (χ3v) is 6.80. The van der Waals surface area contributed by atoms with E-state index in [4.69, 9.17) is 4.74 Å². The first-order chi connectivity index (χ1) is 10.5. The zero-order valence-electron chi connectivity index (χ0n) is 13.1. The van der Waals surface area contributed by atoms with Crippen molar-refractivity contribution in [2.75, 3.05) is 32.0 Å². The lowest BCUT2D eigenvalue weighted by atomic mass is 10.0. The molecule has 7 heteroatoms. The number of sulfonamides is 1. The molecule has 1 atom stereocenters. The van der Waals surface area contributed by atoms with Gasteiger partial charge in [0.15, 0.2) is 0 Å². The third-order valence-electron chi connectivity index (χ3n) is 4.80. The number of amides is 1. The maximum absolute atomic E-state index is 12.7. The molecule has 0 aliphatic carbocycles. The van der Waals surface area contributed by atoms with Crippen molar-refractivity contribution in [3.8, 4) is 0 Å². The predicted octanol–water partition coefficient (Wildman–Crippen LogP) is 1.10. The van der Waals surface area contributed by atoms with Crippen LogP contribution < -0.4 is 0 Å². The Labute approximate surface area is 132 Å². The number of allylic oxidation sites excluding steroid dienone is 1. The largest absolute Gasteiger partial charge is 0.498 e. The molecule has 3 heterocycles. The number of likely N-dealkylation sites (tertiary alicyclic amines) is 1. The summed E-state index contributed by atoms with van der Waals surface area (Å²) in [5.74, 6) is 1.00. The van der Waals surface area contributed by atoms with Crippen molar-refractivity contribution in [1.29, 1.82) is 0 Å². The van der Waals surface area contributed by atoms with E-state index in [9.17, 15) is 13.2 Å². The average Bonchev–Trinajstić information content (AvgIpc) is 2.86. The number of hydrogen-bond acceptors (Lipinski definition) is 4. The van der Waals surface area contributed by atoms with Crippen LogP contribution in [0.15, 0.2) is 11.3 Å². The van der Waals surface area contributed by atoms with Crippen molar-refractivity contribution in [2.45, 2.75) is 45.1 Å². The molecule has 3 aliphatic heterocycles. The van der Waals surface area contributed by atoms with Crippen LogP contribution in [0.2, 0.25) is 0 Å². The molecule has 0 unspecified atom stereocenters. The highest BCUT2D eigenvalue weighted by Gasteiger charge is 2.38. The third kappa shape index (κ3) is 3.01. The number of carbonyl (C=O) groups is 1. The molecule has 2 saturated heterocycles. The summed E-state index contributed by atoms with van der Waals surface area (Å²) in [5, 5.41) is 0. The zero-order chi connectivity index (χ0) is 15.7. The molecular formula is C15H24N2O4S. The maximum atomic E-state index is 12.7. The Kier molecular flexibility index (Phi) is 4.45. The summed E-state index contributed by atoms with van der Waals surface area (Å²) >= 11 is 0. The van der Waals surface area contributed by atoms with Gasteiger partial charge < -0.3 is 9.64 Å². The van der Waals surface area contributed by atoms with E-state index in [0.717, 1.165) is 37.0 Å². The minimum absolute atomic E-state index is 0.0264. The van der Waals surface area contributed by atoms with Gasteiger partial charge in [0.1, 0.15) is 5.76 Å². The molecule has 1 amide bonds. The molecule has 0 radical (unpaired) electrons. The maximum Gasteiger partial charge on any atom is 0.253 e. The summed E-state index contributed by atoms with van der Waals surface area (Å²) in [6.07, 6.45) is 4.03. The lowest BCUT2D eigenvalue weighted by Gasteiger charge is -2.37. The van der Waals surface area contributed by atoms with Crippen LogP contribution in [0.1, 0.15) is 39.0 Å². The first-order valence-electron chi connectivity index (χ1n) is 8.10. The number of piperidine rings is 1. The van der Waals surface area contributed by atoms with Gasteiger partial charge in [0, 0.05) is 25.7 Å². The van der Waals surface area contributed by atoms with Crippen LogP contribution in [0.3, 0.4) is 0 Å². The van der Waals surface area contributed by atoms with Gasteiger partial charge in [-0.3, -0.25) is 4.79 Å². The molecule has 124 valence electrons. The minimum atomic E-state index is -3.11. The van der Waals surface area contributed by atoms with E-state index in [2.05, 4.69) is 0 Å². The molecule has 6 nitrogen and oxygen atoms in total. The summed E-state index contributed by atoms with van der Waals surface area (Å²) in [5.41, 5.74) is 0.760. The molecule has 0 aromatic heterocycles. The van der Waals surface area contributed by atoms with Crippen molar-refractivity contribution in [1.82, 2.24) is 9.21 Å². The molecule has 0 saturated carbocycles. The molecule has 22 heavy (non-hydrogen) atoms. The Hall–Kier alpha value is -1.08. The molecule has 2 fully saturated rings. The van der Waals surface area contributed by atoms with Crippen LogP contribution in [0.4, 0.5) is 0 Å².